The van der Waals surface area contributed by atoms with Crippen LogP contribution in [-0.4, -0.2) is 46.6 Å². The first-order chi connectivity index (χ1) is 17.8. The molecular formula is C27H31N5O4S. The first-order valence-corrected chi connectivity index (χ1v) is 12.8. The molecule has 2 heterocycles. The third kappa shape index (κ3) is 5.59. The molecule has 0 unspecified atom stereocenters. The van der Waals surface area contributed by atoms with Gasteiger partial charge in [-0.15, -0.1) is 16.4 Å². The molecule has 1 atom stereocenters. The van der Waals surface area contributed by atoms with Gasteiger partial charge in [-0.25, -0.2) is 4.68 Å². The van der Waals surface area contributed by atoms with Gasteiger partial charge in [-0.2, -0.15) is 0 Å². The Balaban J connectivity index is 1.84. The molecular weight excluding hydrogens is 490 g/mol. The summed E-state index contributed by atoms with van der Waals surface area (Å²) in [5, 5.41) is 13.4. The van der Waals surface area contributed by atoms with Gasteiger partial charge in [0.1, 0.15) is 29.6 Å². The van der Waals surface area contributed by atoms with E-state index in [0.29, 0.717) is 22.7 Å². The summed E-state index contributed by atoms with van der Waals surface area (Å²) < 4.78 is 12.6. The highest BCUT2D eigenvalue weighted by Gasteiger charge is 2.37. The van der Waals surface area contributed by atoms with Crippen LogP contribution in [0, 0.1) is 0 Å². The smallest absolute Gasteiger partial charge is 0.249 e. The minimum Gasteiger partial charge on any atom is -0.497 e. The van der Waals surface area contributed by atoms with Crippen molar-refractivity contribution in [2.75, 3.05) is 19.1 Å². The van der Waals surface area contributed by atoms with Crippen LogP contribution in [0.1, 0.15) is 38.1 Å². The number of carbonyl (C=O) groups is 2. The van der Waals surface area contributed by atoms with Gasteiger partial charge in [0.15, 0.2) is 0 Å². The van der Waals surface area contributed by atoms with Gasteiger partial charge in [0.2, 0.25) is 11.8 Å². The Bertz CT molecular complexity index is 1380. The van der Waals surface area contributed by atoms with Gasteiger partial charge in [0, 0.05) is 16.5 Å². The van der Waals surface area contributed by atoms with Crippen molar-refractivity contribution in [2.45, 2.75) is 45.3 Å². The van der Waals surface area contributed by atoms with Crippen LogP contribution >= 0.6 is 11.3 Å². The number of nitrogens with zero attached hydrogens (tertiary/aromatic N) is 4. The Hall–Kier alpha value is -3.92. The molecule has 4 aromatic rings. The fraction of sp³-hybridized carbons (Fsp3) is 0.333. The molecule has 0 saturated heterocycles. The standard InChI is InChI=1S/C27H31N5O4S/c1-6-27(2,3)28-26(34)25(23-12-9-15-37-23)32(21-14-13-18(35-4)16-22(21)36-5)24(33)17-31-20-11-8-7-10-19(20)29-30-31/h7-16,25H,6,17H2,1-5H3,(H,28,34)/t25-/m1/s1. The highest BCUT2D eigenvalue weighted by atomic mass is 32.1. The monoisotopic (exact) mass is 521 g/mol. The van der Waals surface area contributed by atoms with E-state index in [4.69, 9.17) is 9.47 Å². The number of hydrogen-bond acceptors (Lipinski definition) is 7. The maximum atomic E-state index is 14.1. The van der Waals surface area contributed by atoms with E-state index >= 15 is 0 Å². The summed E-state index contributed by atoms with van der Waals surface area (Å²) in [5.41, 5.74) is 1.39. The number of anilines is 1. The quantitative estimate of drug-likeness (QED) is 0.328. The van der Waals surface area contributed by atoms with E-state index in [-0.39, 0.29) is 18.4 Å². The molecule has 4 rings (SSSR count). The number of para-hydroxylation sites is 1. The van der Waals surface area contributed by atoms with E-state index in [1.54, 1.807) is 30.0 Å². The van der Waals surface area contributed by atoms with E-state index in [1.807, 2.05) is 62.5 Å². The number of benzene rings is 2. The Morgan fingerprint density at radius 2 is 1.89 bits per heavy atom. The number of carbonyl (C=O) groups excluding carboxylic acids is 2. The molecule has 10 heteroatoms. The fourth-order valence-electron chi connectivity index (χ4n) is 3.95. The van der Waals surface area contributed by atoms with Crippen molar-refractivity contribution in [3.8, 4) is 11.5 Å². The summed E-state index contributed by atoms with van der Waals surface area (Å²) in [7, 11) is 3.08. The number of hydrogen-bond donors (Lipinski definition) is 1. The normalized spacial score (nSPS) is 12.2. The van der Waals surface area contributed by atoms with Gasteiger partial charge in [-0.1, -0.05) is 30.3 Å². The zero-order valence-corrected chi connectivity index (χ0v) is 22.4. The number of amides is 2. The van der Waals surface area contributed by atoms with Crippen molar-refractivity contribution in [3.05, 3.63) is 64.9 Å². The first kappa shape index (κ1) is 26.2. The van der Waals surface area contributed by atoms with Crippen LogP contribution in [0.15, 0.2) is 60.0 Å². The zero-order chi connectivity index (χ0) is 26.6. The van der Waals surface area contributed by atoms with Gasteiger partial charge in [-0.05, 0) is 56.0 Å². The fourth-order valence-corrected chi connectivity index (χ4v) is 4.76. The third-order valence-electron chi connectivity index (χ3n) is 6.29. The second-order valence-corrected chi connectivity index (χ2v) is 10.2. The van der Waals surface area contributed by atoms with E-state index in [2.05, 4.69) is 15.6 Å². The molecule has 1 N–H and O–H groups in total. The molecule has 194 valence electrons. The summed E-state index contributed by atoms with van der Waals surface area (Å²) in [6, 6.07) is 15.4. The van der Waals surface area contributed by atoms with Gasteiger partial charge in [0.05, 0.1) is 25.4 Å². The Morgan fingerprint density at radius 1 is 1.11 bits per heavy atom. The predicted molar refractivity (Wildman–Crippen MR) is 144 cm³/mol. The number of fused-ring (bicyclic) bond motifs is 1. The van der Waals surface area contributed by atoms with Crippen molar-refractivity contribution in [3.63, 3.8) is 0 Å². The van der Waals surface area contributed by atoms with Crippen molar-refractivity contribution in [1.82, 2.24) is 20.3 Å². The maximum Gasteiger partial charge on any atom is 0.249 e. The van der Waals surface area contributed by atoms with Crippen molar-refractivity contribution >= 4 is 39.9 Å². The number of aromatic nitrogens is 3. The van der Waals surface area contributed by atoms with Gasteiger partial charge in [0.25, 0.3) is 0 Å². The number of methoxy groups -OCH3 is 2. The second kappa shape index (κ2) is 11.0. The molecule has 37 heavy (non-hydrogen) atoms. The van der Waals surface area contributed by atoms with E-state index < -0.39 is 11.6 Å². The zero-order valence-electron chi connectivity index (χ0n) is 21.6. The summed E-state index contributed by atoms with van der Waals surface area (Å²) in [6.07, 6.45) is 0.723. The average Bonchev–Trinajstić information content (AvgIpc) is 3.57. The predicted octanol–water partition coefficient (Wildman–Crippen LogP) is 4.59. The maximum absolute atomic E-state index is 14.1. The average molecular weight is 522 g/mol. The molecule has 2 amide bonds. The lowest BCUT2D eigenvalue weighted by atomic mass is 10.0. The SMILES string of the molecule is CCC(C)(C)NC(=O)[C@@H](c1cccs1)N(C(=O)Cn1nnc2ccccc21)c1ccc(OC)cc1OC. The second-order valence-electron chi connectivity index (χ2n) is 9.18. The van der Waals surface area contributed by atoms with Gasteiger partial charge < -0.3 is 14.8 Å². The topological polar surface area (TPSA) is 98.6 Å². The highest BCUT2D eigenvalue weighted by Crippen LogP contribution is 2.39. The van der Waals surface area contributed by atoms with Gasteiger partial charge in [-0.3, -0.25) is 14.5 Å². The minimum absolute atomic E-state index is 0.123. The number of ether oxygens (including phenoxy) is 2. The van der Waals surface area contributed by atoms with E-state index in [9.17, 15) is 9.59 Å². The summed E-state index contributed by atoms with van der Waals surface area (Å²) >= 11 is 1.41. The van der Waals surface area contributed by atoms with Crippen LogP contribution in [0.2, 0.25) is 0 Å². The molecule has 0 fully saturated rings. The summed E-state index contributed by atoms with van der Waals surface area (Å²) in [5.74, 6) is 0.339. The van der Waals surface area contributed by atoms with Crippen LogP contribution in [0.5, 0.6) is 11.5 Å². The van der Waals surface area contributed by atoms with Crippen molar-refractivity contribution < 1.29 is 19.1 Å². The lowest BCUT2D eigenvalue weighted by Gasteiger charge is -2.34. The number of thiophene rings is 1. The summed E-state index contributed by atoms with van der Waals surface area (Å²) in [6.45, 7) is 5.80. The minimum atomic E-state index is -0.935. The molecule has 0 aliphatic rings. The van der Waals surface area contributed by atoms with Crippen LogP contribution in [0.3, 0.4) is 0 Å². The molecule has 0 saturated carbocycles. The Kier molecular flexibility index (Phi) is 7.77. The van der Waals surface area contributed by atoms with Crippen molar-refractivity contribution in [1.29, 1.82) is 0 Å². The van der Waals surface area contributed by atoms with E-state index in [0.717, 1.165) is 16.8 Å². The molecule has 0 bridgehead atoms. The summed E-state index contributed by atoms with van der Waals surface area (Å²) in [4.78, 5) is 30.2. The van der Waals surface area contributed by atoms with Crippen molar-refractivity contribution in [2.24, 2.45) is 0 Å². The molecule has 2 aromatic heterocycles. The number of rotatable bonds is 10. The molecule has 0 aliphatic heterocycles. The lowest BCUT2D eigenvalue weighted by molar-refractivity contribution is -0.128. The lowest BCUT2D eigenvalue weighted by Crippen LogP contribution is -2.51. The molecule has 9 nitrogen and oxygen atoms in total. The molecule has 0 aliphatic carbocycles. The number of nitrogens with one attached hydrogen (secondary N) is 1. The van der Waals surface area contributed by atoms with E-state index in [1.165, 1.54) is 23.3 Å². The van der Waals surface area contributed by atoms with Crippen LogP contribution in [-0.2, 0) is 16.1 Å². The Morgan fingerprint density at radius 3 is 2.57 bits per heavy atom. The first-order valence-electron chi connectivity index (χ1n) is 12.0. The highest BCUT2D eigenvalue weighted by molar-refractivity contribution is 7.10. The van der Waals surface area contributed by atoms with Crippen LogP contribution in [0.25, 0.3) is 11.0 Å². The molecule has 0 spiro atoms. The largest absolute Gasteiger partial charge is 0.497 e. The van der Waals surface area contributed by atoms with Crippen LogP contribution < -0.4 is 19.7 Å². The van der Waals surface area contributed by atoms with Gasteiger partial charge >= 0.3 is 0 Å². The third-order valence-corrected chi connectivity index (χ3v) is 7.21. The molecule has 2 aromatic carbocycles. The molecule has 0 radical (unpaired) electrons. The Labute approximate surface area is 220 Å². The van der Waals surface area contributed by atoms with Crippen LogP contribution in [0.4, 0.5) is 5.69 Å².